The Morgan fingerprint density at radius 3 is 3.05 bits per heavy atom. The van der Waals surface area contributed by atoms with Crippen molar-refractivity contribution in [2.45, 2.75) is 26.3 Å². The van der Waals surface area contributed by atoms with E-state index in [9.17, 15) is 4.79 Å². The summed E-state index contributed by atoms with van der Waals surface area (Å²) in [5.41, 5.74) is 3.44. The molecule has 0 unspecified atom stereocenters. The number of nitrogens with one attached hydrogen (secondary N) is 2. The van der Waals surface area contributed by atoms with Gasteiger partial charge in [-0.25, -0.2) is 0 Å². The Labute approximate surface area is 117 Å². The van der Waals surface area contributed by atoms with Crippen molar-refractivity contribution in [1.82, 2.24) is 15.5 Å². The Kier molecular flexibility index (Phi) is 3.18. The predicted octanol–water partition coefficient (Wildman–Crippen LogP) is 2.15. The van der Waals surface area contributed by atoms with E-state index >= 15 is 0 Å². The minimum Gasteiger partial charge on any atom is -0.493 e. The number of aromatic amines is 1. The highest BCUT2D eigenvalue weighted by atomic mass is 16.5. The summed E-state index contributed by atoms with van der Waals surface area (Å²) in [7, 11) is 0. The van der Waals surface area contributed by atoms with Crippen LogP contribution in [0.4, 0.5) is 0 Å². The maximum Gasteiger partial charge on any atom is 0.269 e. The number of carbonyl (C=O) groups is 1. The van der Waals surface area contributed by atoms with E-state index in [1.165, 1.54) is 5.56 Å². The molecule has 0 saturated heterocycles. The molecule has 2 aromatic rings. The lowest BCUT2D eigenvalue weighted by atomic mass is 10.1. The molecule has 2 heterocycles. The molecule has 20 heavy (non-hydrogen) atoms. The van der Waals surface area contributed by atoms with Crippen LogP contribution in [0.1, 0.15) is 29.9 Å². The first kappa shape index (κ1) is 12.7. The first-order valence-corrected chi connectivity index (χ1v) is 6.76. The zero-order valence-corrected chi connectivity index (χ0v) is 11.6. The topological polar surface area (TPSA) is 67.0 Å². The predicted molar refractivity (Wildman–Crippen MR) is 75.8 cm³/mol. The first-order valence-electron chi connectivity index (χ1n) is 6.76. The maximum atomic E-state index is 11.9. The molecule has 0 aliphatic carbocycles. The fraction of sp³-hybridized carbons (Fsp3) is 0.333. The lowest BCUT2D eigenvalue weighted by Crippen LogP contribution is -2.30. The average Bonchev–Trinajstić information content (AvgIpc) is 3.06. The minimum absolute atomic E-state index is 0.103. The van der Waals surface area contributed by atoms with Gasteiger partial charge in [0.05, 0.1) is 12.3 Å². The third-order valence-electron chi connectivity index (χ3n) is 3.23. The van der Waals surface area contributed by atoms with E-state index in [4.69, 9.17) is 4.74 Å². The van der Waals surface area contributed by atoms with Gasteiger partial charge in [-0.1, -0.05) is 0 Å². The highest BCUT2D eigenvalue weighted by Crippen LogP contribution is 2.29. The molecule has 0 atom stereocenters. The Bertz CT molecular complexity index is 646. The summed E-state index contributed by atoms with van der Waals surface area (Å²) in [6.07, 6.45) is 0.925. The van der Waals surface area contributed by atoms with Crippen LogP contribution in [-0.2, 0) is 6.42 Å². The number of hydrogen-bond acceptors (Lipinski definition) is 3. The SMILES string of the molecule is CC(C)NC(=O)c1cc(-c2ccc3c(c2)CCO3)n[nH]1. The van der Waals surface area contributed by atoms with Crippen LogP contribution in [0.5, 0.6) is 5.75 Å². The third kappa shape index (κ3) is 2.39. The second kappa shape index (κ2) is 5.00. The summed E-state index contributed by atoms with van der Waals surface area (Å²) in [4.78, 5) is 11.9. The van der Waals surface area contributed by atoms with E-state index in [0.717, 1.165) is 30.0 Å². The fourth-order valence-electron chi connectivity index (χ4n) is 2.27. The van der Waals surface area contributed by atoms with E-state index in [1.54, 1.807) is 6.07 Å². The lowest BCUT2D eigenvalue weighted by Gasteiger charge is -2.05. The zero-order chi connectivity index (χ0) is 14.1. The van der Waals surface area contributed by atoms with Crippen LogP contribution in [0.25, 0.3) is 11.3 Å². The number of aromatic nitrogens is 2. The number of rotatable bonds is 3. The third-order valence-corrected chi connectivity index (χ3v) is 3.23. The number of hydrogen-bond donors (Lipinski definition) is 2. The van der Waals surface area contributed by atoms with Crippen molar-refractivity contribution in [3.05, 3.63) is 35.5 Å². The summed E-state index contributed by atoms with van der Waals surface area (Å²) in [6, 6.07) is 7.87. The molecule has 104 valence electrons. The summed E-state index contributed by atoms with van der Waals surface area (Å²) < 4.78 is 5.48. The molecule has 0 spiro atoms. The second-order valence-corrected chi connectivity index (χ2v) is 5.22. The van der Waals surface area contributed by atoms with Crippen molar-refractivity contribution in [3.63, 3.8) is 0 Å². The molecule has 1 aromatic carbocycles. The van der Waals surface area contributed by atoms with Gasteiger partial charge < -0.3 is 10.1 Å². The van der Waals surface area contributed by atoms with Crippen molar-refractivity contribution in [1.29, 1.82) is 0 Å². The summed E-state index contributed by atoms with van der Waals surface area (Å²) in [5, 5.41) is 9.83. The number of amides is 1. The van der Waals surface area contributed by atoms with E-state index in [1.807, 2.05) is 26.0 Å². The molecule has 3 rings (SSSR count). The molecule has 0 radical (unpaired) electrons. The fourth-order valence-corrected chi connectivity index (χ4v) is 2.27. The summed E-state index contributed by atoms with van der Waals surface area (Å²) >= 11 is 0. The molecule has 0 bridgehead atoms. The summed E-state index contributed by atoms with van der Waals surface area (Å²) in [6.45, 7) is 4.59. The van der Waals surface area contributed by atoms with Crippen LogP contribution < -0.4 is 10.1 Å². The van der Waals surface area contributed by atoms with Gasteiger partial charge in [0, 0.05) is 18.0 Å². The van der Waals surface area contributed by atoms with E-state index in [-0.39, 0.29) is 11.9 Å². The molecule has 1 aliphatic heterocycles. The van der Waals surface area contributed by atoms with Gasteiger partial charge in [-0.05, 0) is 43.7 Å². The van der Waals surface area contributed by atoms with Gasteiger partial charge in [-0.15, -0.1) is 0 Å². The van der Waals surface area contributed by atoms with E-state index in [2.05, 4.69) is 21.6 Å². The van der Waals surface area contributed by atoms with Crippen LogP contribution in [0.15, 0.2) is 24.3 Å². The van der Waals surface area contributed by atoms with E-state index < -0.39 is 0 Å². The minimum atomic E-state index is -0.136. The Balaban J connectivity index is 1.85. The molecule has 5 heteroatoms. The first-order chi connectivity index (χ1) is 9.63. The van der Waals surface area contributed by atoms with Crippen molar-refractivity contribution in [3.8, 4) is 17.0 Å². The molecule has 1 amide bonds. The molecule has 2 N–H and O–H groups in total. The quantitative estimate of drug-likeness (QED) is 0.899. The number of benzene rings is 1. The molecule has 0 saturated carbocycles. The summed E-state index contributed by atoms with van der Waals surface area (Å²) in [5.74, 6) is 0.810. The number of carbonyl (C=O) groups excluding carboxylic acids is 1. The molecule has 5 nitrogen and oxygen atoms in total. The standard InChI is InChI=1S/C15H17N3O2/c1-9(2)16-15(19)13-8-12(17-18-13)10-3-4-14-11(7-10)5-6-20-14/h3-4,7-9H,5-6H2,1-2H3,(H,16,19)(H,17,18). The van der Waals surface area contributed by atoms with Crippen LogP contribution in [0.3, 0.4) is 0 Å². The van der Waals surface area contributed by atoms with Gasteiger partial charge in [0.1, 0.15) is 11.4 Å². The van der Waals surface area contributed by atoms with Crippen molar-refractivity contribution in [2.75, 3.05) is 6.61 Å². The van der Waals surface area contributed by atoms with Crippen molar-refractivity contribution in [2.24, 2.45) is 0 Å². The lowest BCUT2D eigenvalue weighted by molar-refractivity contribution is 0.0938. The molecular formula is C15H17N3O2. The number of ether oxygens (including phenoxy) is 1. The largest absolute Gasteiger partial charge is 0.493 e. The maximum absolute atomic E-state index is 11.9. The van der Waals surface area contributed by atoms with E-state index in [0.29, 0.717) is 5.69 Å². The Morgan fingerprint density at radius 2 is 2.25 bits per heavy atom. The van der Waals surface area contributed by atoms with Crippen LogP contribution in [0, 0.1) is 0 Å². The van der Waals surface area contributed by atoms with Gasteiger partial charge in [0.25, 0.3) is 5.91 Å². The molecule has 0 fully saturated rings. The molecular weight excluding hydrogens is 254 g/mol. The van der Waals surface area contributed by atoms with Gasteiger partial charge >= 0.3 is 0 Å². The Morgan fingerprint density at radius 1 is 1.40 bits per heavy atom. The van der Waals surface area contributed by atoms with Gasteiger partial charge in [-0.3, -0.25) is 9.89 Å². The average molecular weight is 271 g/mol. The van der Waals surface area contributed by atoms with Gasteiger partial charge in [0.15, 0.2) is 0 Å². The Hall–Kier alpha value is -2.30. The number of H-pyrrole nitrogens is 1. The molecule has 1 aromatic heterocycles. The van der Waals surface area contributed by atoms with Crippen LogP contribution >= 0.6 is 0 Å². The molecule has 1 aliphatic rings. The van der Waals surface area contributed by atoms with Crippen LogP contribution in [0.2, 0.25) is 0 Å². The number of nitrogens with zero attached hydrogens (tertiary/aromatic N) is 1. The normalized spacial score (nSPS) is 13.2. The monoisotopic (exact) mass is 271 g/mol. The van der Waals surface area contributed by atoms with Crippen LogP contribution in [-0.4, -0.2) is 28.8 Å². The highest BCUT2D eigenvalue weighted by molar-refractivity contribution is 5.93. The van der Waals surface area contributed by atoms with Gasteiger partial charge in [0.2, 0.25) is 0 Å². The second-order valence-electron chi connectivity index (χ2n) is 5.22. The zero-order valence-electron chi connectivity index (χ0n) is 11.6. The van der Waals surface area contributed by atoms with Crippen molar-refractivity contribution < 1.29 is 9.53 Å². The van der Waals surface area contributed by atoms with Crippen molar-refractivity contribution >= 4 is 5.91 Å². The smallest absolute Gasteiger partial charge is 0.269 e. The number of fused-ring (bicyclic) bond motifs is 1. The highest BCUT2D eigenvalue weighted by Gasteiger charge is 2.15. The van der Waals surface area contributed by atoms with Gasteiger partial charge in [-0.2, -0.15) is 5.10 Å².